The van der Waals surface area contributed by atoms with Gasteiger partial charge < -0.3 is 0 Å². The van der Waals surface area contributed by atoms with Gasteiger partial charge in [-0.3, -0.25) is 0 Å². The van der Waals surface area contributed by atoms with Crippen LogP contribution in [0.1, 0.15) is 54.4 Å². The Bertz CT molecular complexity index is 353. The molecule has 0 saturated heterocycles. The molecular formula is C15H24N2. The molecule has 2 nitrogen and oxygen atoms in total. The van der Waals surface area contributed by atoms with Crippen molar-refractivity contribution < 1.29 is 0 Å². The van der Waals surface area contributed by atoms with Crippen LogP contribution in [-0.4, -0.2) is 0 Å². The second-order valence-corrected chi connectivity index (χ2v) is 5.57. The second-order valence-electron chi connectivity index (χ2n) is 5.57. The summed E-state index contributed by atoms with van der Waals surface area (Å²) in [4.78, 5) is 3.42. The number of hydrogen-bond donors (Lipinski definition) is 0. The minimum absolute atomic E-state index is 0.0972. The van der Waals surface area contributed by atoms with Gasteiger partial charge in [0.2, 0.25) is 0 Å². The molecule has 17 heavy (non-hydrogen) atoms. The van der Waals surface area contributed by atoms with Crippen LogP contribution in [-0.2, 0) is 0 Å². The van der Waals surface area contributed by atoms with Gasteiger partial charge in [-0.25, -0.2) is 4.85 Å². The quantitative estimate of drug-likeness (QED) is 0.628. The molecule has 0 spiro atoms. The highest BCUT2D eigenvalue weighted by Crippen LogP contribution is 2.50. The average molecular weight is 232 g/mol. The molecule has 2 heteroatoms. The lowest BCUT2D eigenvalue weighted by Crippen LogP contribution is -2.04. The van der Waals surface area contributed by atoms with Crippen molar-refractivity contribution in [3.8, 4) is 6.07 Å². The Morgan fingerprint density at radius 3 is 1.71 bits per heavy atom. The number of hydrogen-bond acceptors (Lipinski definition) is 1. The molecule has 0 amide bonds. The van der Waals surface area contributed by atoms with Gasteiger partial charge >= 0.3 is 0 Å². The van der Waals surface area contributed by atoms with E-state index in [1.807, 2.05) is 27.7 Å². The molecular weight excluding hydrogens is 208 g/mol. The zero-order valence-electron chi connectivity index (χ0n) is 12.0. The average Bonchev–Trinajstić information content (AvgIpc) is 2.98. The van der Waals surface area contributed by atoms with Gasteiger partial charge in [0.25, 0.3) is 0 Å². The van der Waals surface area contributed by atoms with Gasteiger partial charge in [-0.05, 0) is 24.7 Å². The van der Waals surface area contributed by atoms with E-state index in [1.54, 1.807) is 0 Å². The van der Waals surface area contributed by atoms with Gasteiger partial charge in [0.15, 0.2) is 5.70 Å². The zero-order valence-corrected chi connectivity index (χ0v) is 12.0. The van der Waals surface area contributed by atoms with Crippen LogP contribution in [0.2, 0.25) is 0 Å². The third-order valence-electron chi connectivity index (χ3n) is 3.30. The van der Waals surface area contributed by atoms with Gasteiger partial charge in [0, 0.05) is 0 Å². The van der Waals surface area contributed by atoms with Crippen molar-refractivity contribution in [1.29, 1.82) is 5.26 Å². The van der Waals surface area contributed by atoms with E-state index >= 15 is 0 Å². The Kier molecular flexibility index (Phi) is 5.97. The molecule has 0 atom stereocenters. The topological polar surface area (TPSA) is 28.1 Å². The molecule has 0 N–H and O–H groups in total. The summed E-state index contributed by atoms with van der Waals surface area (Å²) in [6.07, 6.45) is 2.25. The largest absolute Gasteiger partial charge is 0.242 e. The minimum atomic E-state index is 0.0972. The summed E-state index contributed by atoms with van der Waals surface area (Å²) >= 11 is 0. The van der Waals surface area contributed by atoms with Crippen molar-refractivity contribution in [2.75, 3.05) is 0 Å². The van der Waals surface area contributed by atoms with E-state index in [9.17, 15) is 0 Å². The lowest BCUT2D eigenvalue weighted by molar-refractivity contribution is 0.459. The van der Waals surface area contributed by atoms with Gasteiger partial charge in [-0.2, -0.15) is 5.26 Å². The summed E-state index contributed by atoms with van der Waals surface area (Å²) in [6.45, 7) is 19.1. The highest BCUT2D eigenvalue weighted by Gasteiger charge is 2.45. The third kappa shape index (κ3) is 4.61. The minimum Gasteiger partial charge on any atom is -0.242 e. The van der Waals surface area contributed by atoms with Crippen molar-refractivity contribution in [1.82, 2.24) is 0 Å². The molecule has 0 aromatic carbocycles. The number of allylic oxidation sites excluding steroid dienone is 2. The normalized spacial score (nSPS) is 15.4. The number of rotatable bonds is 2. The molecule has 0 radical (unpaired) electrons. The fourth-order valence-corrected chi connectivity index (χ4v) is 1.77. The molecule has 1 aliphatic rings. The lowest BCUT2D eigenvalue weighted by Gasteiger charge is -2.07. The first-order chi connectivity index (χ1) is 7.80. The smallest absolute Gasteiger partial charge is 0.166 e. The number of nitriles is 1. The molecule has 0 bridgehead atoms. The lowest BCUT2D eigenvalue weighted by atomic mass is 9.95. The van der Waals surface area contributed by atoms with Crippen LogP contribution in [0.5, 0.6) is 0 Å². The Morgan fingerprint density at radius 1 is 1.24 bits per heavy atom. The predicted molar refractivity (Wildman–Crippen MR) is 71.9 cm³/mol. The maximum atomic E-state index is 8.58. The highest BCUT2D eigenvalue weighted by molar-refractivity contribution is 5.18. The summed E-state index contributed by atoms with van der Waals surface area (Å²) in [5, 5.41) is 8.58. The first kappa shape index (κ1) is 15.7. The summed E-state index contributed by atoms with van der Waals surface area (Å²) in [5.41, 5.74) is 2.13. The van der Waals surface area contributed by atoms with Crippen LogP contribution < -0.4 is 0 Å². The van der Waals surface area contributed by atoms with Gasteiger partial charge in [0.1, 0.15) is 0 Å². The van der Waals surface area contributed by atoms with Crippen molar-refractivity contribution in [2.24, 2.45) is 17.3 Å². The summed E-state index contributed by atoms with van der Waals surface area (Å²) < 4.78 is 0. The van der Waals surface area contributed by atoms with Gasteiger partial charge in [-0.1, -0.05) is 47.1 Å². The van der Waals surface area contributed by atoms with E-state index in [-0.39, 0.29) is 5.41 Å². The van der Waals surface area contributed by atoms with Crippen LogP contribution in [0, 0.1) is 35.2 Å². The Labute approximate surface area is 106 Å². The van der Waals surface area contributed by atoms with Crippen molar-refractivity contribution in [3.05, 3.63) is 22.7 Å². The zero-order chi connectivity index (χ0) is 13.6. The maximum Gasteiger partial charge on any atom is 0.166 e. The molecule has 0 aromatic heterocycles. The summed E-state index contributed by atoms with van der Waals surface area (Å²) in [6, 6.07) is 2.35. The van der Waals surface area contributed by atoms with Crippen LogP contribution in [0.15, 0.2) is 11.3 Å². The van der Waals surface area contributed by atoms with Gasteiger partial charge in [0.05, 0.1) is 18.1 Å². The van der Waals surface area contributed by atoms with Gasteiger partial charge in [-0.15, -0.1) is 0 Å². The first-order valence-electron chi connectivity index (χ1n) is 6.26. The SMILES string of the molecule is CC(C)C1(C#N)CC1.[C-]#[N+]C(=C(C)C)C(C)C. The third-order valence-corrected chi connectivity index (χ3v) is 3.30. The molecule has 0 aliphatic heterocycles. The van der Waals surface area contributed by atoms with E-state index in [0.717, 1.165) is 24.1 Å². The van der Waals surface area contributed by atoms with E-state index in [2.05, 4.69) is 24.8 Å². The van der Waals surface area contributed by atoms with Crippen LogP contribution >= 0.6 is 0 Å². The van der Waals surface area contributed by atoms with Crippen LogP contribution in [0.25, 0.3) is 4.85 Å². The van der Waals surface area contributed by atoms with Crippen molar-refractivity contribution in [3.63, 3.8) is 0 Å². The van der Waals surface area contributed by atoms with E-state index in [1.165, 1.54) is 0 Å². The first-order valence-corrected chi connectivity index (χ1v) is 6.26. The molecule has 94 valence electrons. The molecule has 0 heterocycles. The van der Waals surface area contributed by atoms with E-state index < -0.39 is 0 Å². The Morgan fingerprint density at radius 2 is 1.71 bits per heavy atom. The molecule has 0 unspecified atom stereocenters. The summed E-state index contributed by atoms with van der Waals surface area (Å²) in [7, 11) is 0. The predicted octanol–water partition coefficient (Wildman–Crippen LogP) is 4.80. The van der Waals surface area contributed by atoms with E-state index in [4.69, 9.17) is 11.8 Å². The fourth-order valence-electron chi connectivity index (χ4n) is 1.77. The van der Waals surface area contributed by atoms with E-state index in [0.29, 0.717) is 11.8 Å². The highest BCUT2D eigenvalue weighted by atomic mass is 14.7. The molecule has 1 rings (SSSR count). The Hall–Kier alpha value is -1.28. The summed E-state index contributed by atoms with van der Waals surface area (Å²) in [5.74, 6) is 0.944. The molecule has 1 saturated carbocycles. The maximum absolute atomic E-state index is 8.58. The van der Waals surface area contributed by atoms with Crippen molar-refractivity contribution in [2.45, 2.75) is 54.4 Å². The monoisotopic (exact) mass is 232 g/mol. The molecule has 1 aliphatic carbocycles. The van der Waals surface area contributed by atoms with Crippen molar-refractivity contribution >= 4 is 0 Å². The fraction of sp³-hybridized carbons (Fsp3) is 0.733. The van der Waals surface area contributed by atoms with Crippen LogP contribution in [0.4, 0.5) is 0 Å². The Balaban J connectivity index is 0.000000302. The second kappa shape index (κ2) is 6.45. The molecule has 1 fully saturated rings. The number of nitrogens with zero attached hydrogens (tertiary/aromatic N) is 2. The standard InChI is InChI=1S/C8H13N.C7H11N/c1-6(2)8(9-5)7(3)4;1-6(2)7(5-8)3-4-7/h6H,1-4H3;6H,3-4H2,1-2H3. The van der Waals surface area contributed by atoms with Crippen LogP contribution in [0.3, 0.4) is 0 Å². The molecule has 0 aromatic rings.